The standard InChI is InChI=1S/C4H4ClNO3/c5-1-2-3(7)9-4(8)6-2/h2H,1H2,(H,6,8). The van der Waals surface area contributed by atoms with Crippen LogP contribution in [0, 0.1) is 0 Å². The average molecular weight is 150 g/mol. The summed E-state index contributed by atoms with van der Waals surface area (Å²) >= 11 is 5.25. The van der Waals surface area contributed by atoms with Gasteiger partial charge in [-0.3, -0.25) is 0 Å². The minimum atomic E-state index is -0.717. The number of carbonyl (C=O) groups is 2. The van der Waals surface area contributed by atoms with Crippen LogP contribution < -0.4 is 5.32 Å². The lowest BCUT2D eigenvalue weighted by Crippen LogP contribution is -2.29. The molecular weight excluding hydrogens is 146 g/mol. The molecule has 0 saturated carbocycles. The van der Waals surface area contributed by atoms with Gasteiger partial charge in [-0.25, -0.2) is 9.59 Å². The van der Waals surface area contributed by atoms with E-state index in [1.807, 2.05) is 0 Å². The quantitative estimate of drug-likeness (QED) is 0.321. The van der Waals surface area contributed by atoms with Crippen LogP contribution in [0.3, 0.4) is 0 Å². The predicted molar refractivity (Wildman–Crippen MR) is 29.1 cm³/mol. The van der Waals surface area contributed by atoms with Gasteiger partial charge in [0, 0.05) is 0 Å². The van der Waals surface area contributed by atoms with E-state index in [4.69, 9.17) is 11.6 Å². The lowest BCUT2D eigenvalue weighted by molar-refractivity contribution is -0.134. The van der Waals surface area contributed by atoms with Gasteiger partial charge in [0.25, 0.3) is 0 Å². The zero-order valence-electron chi connectivity index (χ0n) is 4.39. The Bertz CT molecular complexity index is 158. The number of nitrogens with one attached hydrogen (secondary N) is 1. The minimum absolute atomic E-state index is 0.0601. The normalized spacial score (nSPS) is 25.7. The van der Waals surface area contributed by atoms with Crippen LogP contribution in [-0.2, 0) is 9.53 Å². The molecule has 1 aliphatic heterocycles. The van der Waals surface area contributed by atoms with Gasteiger partial charge in [0.15, 0.2) is 0 Å². The maximum atomic E-state index is 10.4. The van der Waals surface area contributed by atoms with E-state index in [9.17, 15) is 9.59 Å². The molecule has 9 heavy (non-hydrogen) atoms. The first kappa shape index (κ1) is 6.35. The van der Waals surface area contributed by atoms with E-state index in [0.29, 0.717) is 0 Å². The van der Waals surface area contributed by atoms with Gasteiger partial charge in [0.2, 0.25) is 0 Å². The van der Waals surface area contributed by atoms with Gasteiger partial charge in [-0.2, -0.15) is 0 Å². The van der Waals surface area contributed by atoms with Crippen molar-refractivity contribution >= 4 is 23.7 Å². The molecule has 0 aromatic rings. The number of hydrogen-bond acceptors (Lipinski definition) is 3. The summed E-state index contributed by atoms with van der Waals surface area (Å²) in [6, 6.07) is -0.654. The van der Waals surface area contributed by atoms with Crippen LogP contribution in [0.2, 0.25) is 0 Å². The van der Waals surface area contributed by atoms with Gasteiger partial charge in [-0.1, -0.05) is 0 Å². The molecule has 1 N–H and O–H groups in total. The number of amides is 1. The smallest absolute Gasteiger partial charge is 0.375 e. The number of carbonyl (C=O) groups excluding carboxylic acids is 2. The number of rotatable bonds is 1. The van der Waals surface area contributed by atoms with E-state index in [1.165, 1.54) is 0 Å². The lowest BCUT2D eigenvalue weighted by atomic mass is 10.4. The summed E-state index contributed by atoms with van der Waals surface area (Å²) < 4.78 is 4.09. The van der Waals surface area contributed by atoms with Crippen LogP contribution in [0.1, 0.15) is 0 Å². The Labute approximate surface area is 56.1 Å². The van der Waals surface area contributed by atoms with Crippen molar-refractivity contribution in [2.75, 3.05) is 5.88 Å². The zero-order valence-corrected chi connectivity index (χ0v) is 5.14. The topological polar surface area (TPSA) is 55.4 Å². The Kier molecular flexibility index (Phi) is 1.57. The monoisotopic (exact) mass is 149 g/mol. The number of esters is 1. The summed E-state index contributed by atoms with van der Waals surface area (Å²) in [7, 11) is 0. The van der Waals surface area contributed by atoms with Crippen molar-refractivity contribution < 1.29 is 14.3 Å². The first-order valence-corrected chi connectivity index (χ1v) is 2.85. The van der Waals surface area contributed by atoms with Crippen molar-refractivity contribution in [1.29, 1.82) is 0 Å². The Hall–Kier alpha value is -0.770. The Morgan fingerprint density at radius 3 is 2.56 bits per heavy atom. The molecule has 50 valence electrons. The molecule has 1 amide bonds. The molecule has 0 aromatic carbocycles. The predicted octanol–water partition coefficient (Wildman–Crippen LogP) is -0.140. The van der Waals surface area contributed by atoms with Gasteiger partial charge in [-0.05, 0) is 0 Å². The first-order valence-electron chi connectivity index (χ1n) is 2.32. The molecular formula is C4H4ClNO3. The van der Waals surface area contributed by atoms with E-state index in [2.05, 4.69) is 10.1 Å². The van der Waals surface area contributed by atoms with Crippen molar-refractivity contribution in [1.82, 2.24) is 5.32 Å². The summed E-state index contributed by atoms with van der Waals surface area (Å²) in [4.78, 5) is 20.6. The number of alkyl carbamates (subject to hydrolysis) is 1. The van der Waals surface area contributed by atoms with Crippen LogP contribution in [0.15, 0.2) is 0 Å². The van der Waals surface area contributed by atoms with Gasteiger partial charge in [-0.15, -0.1) is 11.6 Å². The third-order valence-corrected chi connectivity index (χ3v) is 1.23. The van der Waals surface area contributed by atoms with Crippen LogP contribution in [0.4, 0.5) is 4.79 Å². The molecule has 1 aliphatic rings. The Balaban J connectivity index is 2.58. The fourth-order valence-corrected chi connectivity index (χ4v) is 0.698. The summed E-state index contributed by atoms with van der Waals surface area (Å²) in [6.07, 6.45) is -0.717. The fourth-order valence-electron chi connectivity index (χ4n) is 0.495. The average Bonchev–Trinajstić information content (AvgIpc) is 2.10. The lowest BCUT2D eigenvalue weighted by Gasteiger charge is -1.94. The van der Waals surface area contributed by atoms with E-state index >= 15 is 0 Å². The van der Waals surface area contributed by atoms with Gasteiger partial charge in [0.05, 0.1) is 5.88 Å². The molecule has 5 heteroatoms. The third kappa shape index (κ3) is 1.13. The maximum absolute atomic E-state index is 10.4. The molecule has 0 radical (unpaired) electrons. The number of hydrogen-bond donors (Lipinski definition) is 1. The van der Waals surface area contributed by atoms with E-state index < -0.39 is 18.1 Å². The summed E-state index contributed by atoms with van der Waals surface area (Å²) in [6.45, 7) is 0. The maximum Gasteiger partial charge on any atom is 0.415 e. The summed E-state index contributed by atoms with van der Waals surface area (Å²) in [5.74, 6) is -0.542. The number of cyclic esters (lactones) is 2. The molecule has 1 fully saturated rings. The molecule has 1 saturated heterocycles. The molecule has 4 nitrogen and oxygen atoms in total. The van der Waals surface area contributed by atoms with Crippen molar-refractivity contribution in [2.45, 2.75) is 6.04 Å². The molecule has 0 bridgehead atoms. The molecule has 1 atom stereocenters. The second kappa shape index (κ2) is 2.23. The van der Waals surface area contributed by atoms with Gasteiger partial charge < -0.3 is 10.1 Å². The van der Waals surface area contributed by atoms with Crippen LogP contribution in [0.25, 0.3) is 0 Å². The Morgan fingerprint density at radius 1 is 1.67 bits per heavy atom. The van der Waals surface area contributed by atoms with E-state index in [0.717, 1.165) is 0 Å². The number of halogens is 1. The summed E-state index contributed by atoms with van der Waals surface area (Å²) in [5, 5.41) is 2.21. The molecule has 1 rings (SSSR count). The molecule has 1 heterocycles. The van der Waals surface area contributed by atoms with Crippen molar-refractivity contribution in [2.24, 2.45) is 0 Å². The van der Waals surface area contributed by atoms with Crippen molar-refractivity contribution in [3.8, 4) is 0 Å². The highest BCUT2D eigenvalue weighted by Gasteiger charge is 2.31. The van der Waals surface area contributed by atoms with Crippen LogP contribution in [0.5, 0.6) is 0 Å². The highest BCUT2D eigenvalue weighted by molar-refractivity contribution is 6.20. The number of ether oxygens (including phenoxy) is 1. The number of alkyl halides is 1. The third-order valence-electron chi connectivity index (χ3n) is 0.924. The second-order valence-electron chi connectivity index (χ2n) is 1.56. The van der Waals surface area contributed by atoms with Crippen molar-refractivity contribution in [3.05, 3.63) is 0 Å². The second-order valence-corrected chi connectivity index (χ2v) is 1.87. The minimum Gasteiger partial charge on any atom is -0.375 e. The molecule has 0 aromatic heterocycles. The van der Waals surface area contributed by atoms with Gasteiger partial charge in [0.1, 0.15) is 6.04 Å². The highest BCUT2D eigenvalue weighted by Crippen LogP contribution is 2.00. The van der Waals surface area contributed by atoms with E-state index in [-0.39, 0.29) is 5.88 Å². The van der Waals surface area contributed by atoms with Crippen LogP contribution in [-0.4, -0.2) is 24.0 Å². The largest absolute Gasteiger partial charge is 0.415 e. The zero-order chi connectivity index (χ0) is 6.85. The Morgan fingerprint density at radius 2 is 2.33 bits per heavy atom. The van der Waals surface area contributed by atoms with E-state index in [1.54, 1.807) is 0 Å². The van der Waals surface area contributed by atoms with Crippen LogP contribution >= 0.6 is 11.6 Å². The first-order chi connectivity index (χ1) is 4.24. The summed E-state index contributed by atoms with van der Waals surface area (Å²) in [5.41, 5.74) is 0. The molecule has 0 aliphatic carbocycles. The SMILES string of the molecule is O=C1NC(CCl)C(=O)O1. The van der Waals surface area contributed by atoms with Crippen molar-refractivity contribution in [3.63, 3.8) is 0 Å². The molecule has 1 unspecified atom stereocenters. The molecule has 0 spiro atoms. The van der Waals surface area contributed by atoms with Gasteiger partial charge >= 0.3 is 12.1 Å². The fraction of sp³-hybridized carbons (Fsp3) is 0.500. The highest BCUT2D eigenvalue weighted by atomic mass is 35.5.